The number of carbonyl (C=O) groups is 2. The number of nitrogens with zero attached hydrogens (tertiary/aromatic N) is 1. The van der Waals surface area contributed by atoms with E-state index in [1.807, 2.05) is 0 Å². The molecule has 0 unspecified atom stereocenters. The van der Waals surface area contributed by atoms with E-state index in [-0.39, 0.29) is 5.56 Å². The van der Waals surface area contributed by atoms with Crippen molar-refractivity contribution in [3.63, 3.8) is 0 Å². The van der Waals surface area contributed by atoms with Crippen LogP contribution in [-0.4, -0.2) is 41.7 Å². The molecule has 7 heteroatoms. The Balaban J connectivity index is 2.78. The Morgan fingerprint density at radius 2 is 2.00 bits per heavy atom. The van der Waals surface area contributed by atoms with Crippen LogP contribution >= 0.6 is 0 Å². The summed E-state index contributed by atoms with van der Waals surface area (Å²) in [5.41, 5.74) is 0.680. The smallest absolute Gasteiger partial charge is 0.390 e. The summed E-state index contributed by atoms with van der Waals surface area (Å²) < 4.78 is 36.4. The number of hydrogen-bond acceptors (Lipinski definition) is 2. The van der Waals surface area contributed by atoms with Crippen LogP contribution in [0.3, 0.4) is 0 Å². The van der Waals surface area contributed by atoms with Gasteiger partial charge < -0.3 is 10.0 Å². The second kappa shape index (κ2) is 6.92. The Labute approximate surface area is 119 Å². The molecule has 0 heterocycles. The Kier molecular flexibility index (Phi) is 5.52. The van der Waals surface area contributed by atoms with Gasteiger partial charge in [-0.05, 0) is 23.8 Å². The minimum absolute atomic E-state index is 0.201. The predicted molar refractivity (Wildman–Crippen MR) is 70.7 cm³/mol. The first-order chi connectivity index (χ1) is 9.69. The number of benzene rings is 1. The van der Waals surface area contributed by atoms with Gasteiger partial charge in [0.2, 0.25) is 0 Å². The van der Waals surface area contributed by atoms with E-state index in [4.69, 9.17) is 5.11 Å². The first kappa shape index (κ1) is 16.7. The summed E-state index contributed by atoms with van der Waals surface area (Å²) in [4.78, 5) is 23.4. The van der Waals surface area contributed by atoms with Crippen LogP contribution in [-0.2, 0) is 4.79 Å². The molecule has 0 bridgehead atoms. The van der Waals surface area contributed by atoms with Crippen molar-refractivity contribution < 1.29 is 27.9 Å². The molecule has 1 rings (SSSR count). The van der Waals surface area contributed by atoms with Crippen LogP contribution in [0.1, 0.15) is 22.3 Å². The maximum atomic E-state index is 12.1. The number of aliphatic carboxylic acids is 1. The number of alkyl halides is 3. The van der Waals surface area contributed by atoms with E-state index in [1.54, 1.807) is 6.07 Å². The zero-order valence-corrected chi connectivity index (χ0v) is 11.2. The molecule has 0 aliphatic heterocycles. The second-order valence-corrected chi connectivity index (χ2v) is 4.39. The van der Waals surface area contributed by atoms with Crippen LogP contribution < -0.4 is 0 Å². The molecule has 1 N–H and O–H groups in total. The van der Waals surface area contributed by atoms with Crippen molar-refractivity contribution in [2.45, 2.75) is 12.6 Å². The van der Waals surface area contributed by atoms with Crippen LogP contribution in [0.4, 0.5) is 13.2 Å². The van der Waals surface area contributed by atoms with Crippen LogP contribution in [0, 0.1) is 0 Å². The fourth-order valence-corrected chi connectivity index (χ4v) is 1.56. The minimum atomic E-state index is -4.32. The second-order valence-electron chi connectivity index (χ2n) is 4.39. The molecule has 0 aliphatic carbocycles. The van der Waals surface area contributed by atoms with E-state index < -0.39 is 31.0 Å². The molecular formula is C14H14F3NO3. The summed E-state index contributed by atoms with van der Waals surface area (Å²) in [6.07, 6.45) is -3.18. The van der Waals surface area contributed by atoms with Gasteiger partial charge in [-0.25, -0.2) is 4.79 Å². The highest BCUT2D eigenvalue weighted by Gasteiger charge is 2.28. The van der Waals surface area contributed by atoms with Crippen LogP contribution in [0.5, 0.6) is 0 Å². The van der Waals surface area contributed by atoms with Crippen molar-refractivity contribution in [3.05, 3.63) is 41.5 Å². The minimum Gasteiger partial charge on any atom is -0.478 e. The van der Waals surface area contributed by atoms with Gasteiger partial charge in [-0.1, -0.05) is 12.1 Å². The van der Waals surface area contributed by atoms with Crippen molar-refractivity contribution in [2.75, 3.05) is 13.6 Å². The van der Waals surface area contributed by atoms with Crippen LogP contribution in [0.25, 0.3) is 6.08 Å². The summed E-state index contributed by atoms with van der Waals surface area (Å²) in [6.45, 7) is -0.433. The lowest BCUT2D eigenvalue weighted by atomic mass is 10.1. The molecule has 114 valence electrons. The van der Waals surface area contributed by atoms with Gasteiger partial charge in [0.05, 0.1) is 6.42 Å². The molecule has 0 fully saturated rings. The van der Waals surface area contributed by atoms with Crippen LogP contribution in [0.15, 0.2) is 30.3 Å². The van der Waals surface area contributed by atoms with Crippen molar-refractivity contribution >= 4 is 18.0 Å². The third-order valence-electron chi connectivity index (χ3n) is 2.63. The van der Waals surface area contributed by atoms with Crippen molar-refractivity contribution in [1.29, 1.82) is 0 Å². The summed E-state index contributed by atoms with van der Waals surface area (Å²) in [7, 11) is 1.29. The van der Waals surface area contributed by atoms with E-state index in [0.29, 0.717) is 5.56 Å². The van der Waals surface area contributed by atoms with E-state index in [9.17, 15) is 22.8 Å². The largest absolute Gasteiger partial charge is 0.478 e. The highest BCUT2D eigenvalue weighted by atomic mass is 19.4. The average Bonchev–Trinajstić information content (AvgIpc) is 2.41. The molecule has 1 amide bonds. The summed E-state index contributed by atoms with van der Waals surface area (Å²) in [5, 5.41) is 8.52. The average molecular weight is 301 g/mol. The molecule has 0 saturated carbocycles. The predicted octanol–water partition coefficient (Wildman–Crippen LogP) is 2.81. The topological polar surface area (TPSA) is 57.6 Å². The van der Waals surface area contributed by atoms with Gasteiger partial charge in [0.25, 0.3) is 5.91 Å². The highest BCUT2D eigenvalue weighted by molar-refractivity contribution is 5.95. The number of amides is 1. The molecule has 0 saturated heterocycles. The van der Waals surface area contributed by atoms with E-state index in [0.717, 1.165) is 11.0 Å². The normalized spacial score (nSPS) is 11.6. The van der Waals surface area contributed by atoms with Gasteiger partial charge in [0.15, 0.2) is 0 Å². The molecular weight excluding hydrogens is 287 g/mol. The van der Waals surface area contributed by atoms with Gasteiger partial charge in [0, 0.05) is 25.2 Å². The molecule has 0 aliphatic rings. The van der Waals surface area contributed by atoms with Crippen molar-refractivity contribution in [1.82, 2.24) is 4.90 Å². The number of carbonyl (C=O) groups excluding carboxylic acids is 1. The third-order valence-corrected chi connectivity index (χ3v) is 2.63. The summed E-state index contributed by atoms with van der Waals surface area (Å²) in [5.74, 6) is -1.68. The Morgan fingerprint density at radius 3 is 2.57 bits per heavy atom. The standard InChI is InChI=1S/C14H14F3NO3/c1-18(8-7-14(15,16)17)13(21)11-4-2-3-10(9-11)5-6-12(19)20/h2-6,9H,7-8H2,1H3,(H,19,20). The quantitative estimate of drug-likeness (QED) is 0.851. The Bertz CT molecular complexity index is 553. The number of rotatable bonds is 5. The van der Waals surface area contributed by atoms with Gasteiger partial charge in [-0.15, -0.1) is 0 Å². The molecule has 0 spiro atoms. The lowest BCUT2D eigenvalue weighted by Crippen LogP contribution is -2.30. The molecule has 1 aromatic carbocycles. The lowest BCUT2D eigenvalue weighted by Gasteiger charge is -2.18. The number of hydrogen-bond donors (Lipinski definition) is 1. The van der Waals surface area contributed by atoms with E-state index in [2.05, 4.69) is 0 Å². The Morgan fingerprint density at radius 1 is 1.33 bits per heavy atom. The summed E-state index contributed by atoms with van der Waals surface area (Å²) in [6, 6.07) is 6.01. The van der Waals surface area contributed by atoms with Gasteiger partial charge >= 0.3 is 12.1 Å². The number of carboxylic acids is 1. The third kappa shape index (κ3) is 6.11. The molecule has 21 heavy (non-hydrogen) atoms. The van der Waals surface area contributed by atoms with Crippen molar-refractivity contribution in [3.8, 4) is 0 Å². The maximum absolute atomic E-state index is 12.1. The van der Waals surface area contributed by atoms with Gasteiger partial charge in [-0.2, -0.15) is 13.2 Å². The SMILES string of the molecule is CN(CCC(F)(F)F)C(=O)c1cccc(C=CC(=O)O)c1. The van der Waals surface area contributed by atoms with Crippen molar-refractivity contribution in [2.24, 2.45) is 0 Å². The monoisotopic (exact) mass is 301 g/mol. The molecule has 1 aromatic rings. The molecule has 4 nitrogen and oxygen atoms in total. The fraction of sp³-hybridized carbons (Fsp3) is 0.286. The number of carboxylic acid groups (broad SMARTS) is 1. The fourth-order valence-electron chi connectivity index (χ4n) is 1.56. The molecule has 0 atom stereocenters. The first-order valence-electron chi connectivity index (χ1n) is 6.02. The van der Waals surface area contributed by atoms with E-state index in [1.165, 1.54) is 31.3 Å². The lowest BCUT2D eigenvalue weighted by molar-refractivity contribution is -0.136. The Hall–Kier alpha value is -2.31. The maximum Gasteiger partial charge on any atom is 0.390 e. The van der Waals surface area contributed by atoms with Gasteiger partial charge in [0.1, 0.15) is 0 Å². The first-order valence-corrected chi connectivity index (χ1v) is 6.02. The highest BCUT2D eigenvalue weighted by Crippen LogP contribution is 2.20. The zero-order chi connectivity index (χ0) is 16.0. The zero-order valence-electron chi connectivity index (χ0n) is 11.2. The van der Waals surface area contributed by atoms with Crippen LogP contribution in [0.2, 0.25) is 0 Å². The van der Waals surface area contributed by atoms with E-state index >= 15 is 0 Å². The number of halogens is 3. The molecule has 0 aromatic heterocycles. The summed E-state index contributed by atoms with van der Waals surface area (Å²) >= 11 is 0. The molecule has 0 radical (unpaired) electrons. The van der Waals surface area contributed by atoms with Gasteiger partial charge in [-0.3, -0.25) is 4.79 Å².